The average Bonchev–Trinajstić information content (AvgIpc) is 2.23. The SMILES string of the molecule is COC1Oc2ccccc2N(O)C1=O. The first-order valence-electron chi connectivity index (χ1n) is 4.05. The maximum Gasteiger partial charge on any atom is 0.320 e. The Morgan fingerprint density at radius 2 is 2.21 bits per heavy atom. The van der Waals surface area contributed by atoms with Crippen molar-refractivity contribution in [2.75, 3.05) is 12.2 Å². The van der Waals surface area contributed by atoms with Gasteiger partial charge in [-0.25, -0.2) is 0 Å². The monoisotopic (exact) mass is 195 g/mol. The summed E-state index contributed by atoms with van der Waals surface area (Å²) in [5.74, 6) is -0.215. The number of carbonyl (C=O) groups excluding carboxylic acids is 1. The molecular weight excluding hydrogens is 186 g/mol. The highest BCUT2D eigenvalue weighted by Crippen LogP contribution is 2.32. The number of hydroxylamine groups is 1. The van der Waals surface area contributed by atoms with Crippen LogP contribution in [0, 0.1) is 0 Å². The Morgan fingerprint density at radius 3 is 2.93 bits per heavy atom. The van der Waals surface area contributed by atoms with E-state index in [4.69, 9.17) is 9.47 Å². The van der Waals surface area contributed by atoms with Crippen molar-refractivity contribution in [3.05, 3.63) is 24.3 Å². The van der Waals surface area contributed by atoms with Crippen LogP contribution in [0.1, 0.15) is 0 Å². The third-order valence-electron chi connectivity index (χ3n) is 1.95. The van der Waals surface area contributed by atoms with E-state index < -0.39 is 12.2 Å². The van der Waals surface area contributed by atoms with Crippen LogP contribution in [0.5, 0.6) is 5.75 Å². The normalized spacial score (nSPS) is 20.3. The molecule has 5 heteroatoms. The quantitative estimate of drug-likeness (QED) is 0.672. The Morgan fingerprint density at radius 1 is 1.50 bits per heavy atom. The van der Waals surface area contributed by atoms with Crippen LogP contribution in [-0.4, -0.2) is 24.5 Å². The van der Waals surface area contributed by atoms with Crippen molar-refractivity contribution in [1.29, 1.82) is 0 Å². The Hall–Kier alpha value is -1.59. The summed E-state index contributed by atoms with van der Waals surface area (Å²) in [5.41, 5.74) is 0.325. The van der Waals surface area contributed by atoms with Gasteiger partial charge in [-0.2, -0.15) is 5.06 Å². The lowest BCUT2D eigenvalue weighted by molar-refractivity contribution is -0.153. The molecule has 0 spiro atoms. The van der Waals surface area contributed by atoms with Gasteiger partial charge in [0.15, 0.2) is 0 Å². The zero-order valence-corrected chi connectivity index (χ0v) is 7.51. The van der Waals surface area contributed by atoms with E-state index in [0.717, 1.165) is 0 Å². The van der Waals surface area contributed by atoms with Crippen LogP contribution >= 0.6 is 0 Å². The molecule has 1 heterocycles. The van der Waals surface area contributed by atoms with Crippen molar-refractivity contribution >= 4 is 11.6 Å². The topological polar surface area (TPSA) is 59.0 Å². The fourth-order valence-corrected chi connectivity index (χ4v) is 1.27. The minimum absolute atomic E-state index is 0.325. The summed E-state index contributed by atoms with van der Waals surface area (Å²) in [4.78, 5) is 11.3. The smallest absolute Gasteiger partial charge is 0.320 e. The number of hydrogen-bond acceptors (Lipinski definition) is 4. The summed E-state index contributed by atoms with van der Waals surface area (Å²) in [6, 6.07) is 6.68. The molecule has 1 atom stereocenters. The zero-order valence-electron chi connectivity index (χ0n) is 7.51. The Labute approximate surface area is 80.4 Å². The summed E-state index contributed by atoms with van der Waals surface area (Å²) in [6.07, 6.45) is -1.07. The van der Waals surface area contributed by atoms with E-state index in [-0.39, 0.29) is 0 Å². The predicted octanol–water partition coefficient (Wildman–Crippen LogP) is 0.774. The highest BCUT2D eigenvalue weighted by molar-refractivity contribution is 5.96. The van der Waals surface area contributed by atoms with Crippen LogP contribution in [0.4, 0.5) is 5.69 Å². The summed E-state index contributed by atoms with van der Waals surface area (Å²) in [5, 5.41) is 9.99. The fourth-order valence-electron chi connectivity index (χ4n) is 1.27. The summed E-state index contributed by atoms with van der Waals surface area (Å²) in [7, 11) is 1.34. The summed E-state index contributed by atoms with van der Waals surface area (Å²) in [6.45, 7) is 0. The van der Waals surface area contributed by atoms with Crippen LogP contribution in [0.2, 0.25) is 0 Å². The lowest BCUT2D eigenvalue weighted by atomic mass is 10.2. The molecule has 1 aliphatic rings. The standard InChI is InChI=1S/C9H9NO4/c1-13-9-8(11)10(12)6-4-2-3-5-7(6)14-9/h2-5,9,12H,1H3. The van der Waals surface area contributed by atoms with Gasteiger partial charge in [0.25, 0.3) is 6.29 Å². The first-order valence-corrected chi connectivity index (χ1v) is 4.05. The van der Waals surface area contributed by atoms with Crippen molar-refractivity contribution in [2.24, 2.45) is 0 Å². The van der Waals surface area contributed by atoms with Gasteiger partial charge >= 0.3 is 5.91 Å². The minimum Gasteiger partial charge on any atom is -0.453 e. The lowest BCUT2D eigenvalue weighted by Crippen LogP contribution is -2.45. The minimum atomic E-state index is -1.07. The zero-order chi connectivity index (χ0) is 10.1. The van der Waals surface area contributed by atoms with Crippen LogP contribution in [0.15, 0.2) is 24.3 Å². The van der Waals surface area contributed by atoms with Crippen LogP contribution < -0.4 is 9.80 Å². The molecule has 0 bridgehead atoms. The molecule has 0 aliphatic carbocycles. The number of fused-ring (bicyclic) bond motifs is 1. The van der Waals surface area contributed by atoms with Crippen LogP contribution in [0.25, 0.3) is 0 Å². The third kappa shape index (κ3) is 1.23. The van der Waals surface area contributed by atoms with Gasteiger partial charge in [0.2, 0.25) is 0 Å². The molecule has 0 aromatic heterocycles. The molecule has 0 fully saturated rings. The van der Waals surface area contributed by atoms with Gasteiger partial charge in [0.1, 0.15) is 11.4 Å². The number of benzene rings is 1. The number of rotatable bonds is 1. The molecule has 0 saturated carbocycles. The van der Waals surface area contributed by atoms with E-state index in [1.165, 1.54) is 7.11 Å². The molecule has 74 valence electrons. The maximum atomic E-state index is 11.3. The number of ether oxygens (including phenoxy) is 2. The van der Waals surface area contributed by atoms with Crippen molar-refractivity contribution in [3.8, 4) is 5.75 Å². The average molecular weight is 195 g/mol. The number of carbonyl (C=O) groups is 1. The van der Waals surface area contributed by atoms with Crippen molar-refractivity contribution in [3.63, 3.8) is 0 Å². The first-order chi connectivity index (χ1) is 6.74. The maximum absolute atomic E-state index is 11.3. The van der Waals surface area contributed by atoms with Gasteiger partial charge in [-0.1, -0.05) is 12.1 Å². The second kappa shape index (κ2) is 3.28. The van der Waals surface area contributed by atoms with E-state index in [0.29, 0.717) is 16.5 Å². The molecular formula is C9H9NO4. The second-order valence-corrected chi connectivity index (χ2v) is 2.80. The summed E-state index contributed by atoms with van der Waals surface area (Å²) < 4.78 is 9.95. The van der Waals surface area contributed by atoms with Gasteiger partial charge in [0.05, 0.1) is 0 Å². The molecule has 5 nitrogen and oxygen atoms in total. The van der Waals surface area contributed by atoms with Crippen LogP contribution in [0.3, 0.4) is 0 Å². The predicted molar refractivity (Wildman–Crippen MR) is 47.1 cm³/mol. The molecule has 1 N–H and O–H groups in total. The third-order valence-corrected chi connectivity index (χ3v) is 1.95. The molecule has 0 radical (unpaired) electrons. The lowest BCUT2D eigenvalue weighted by Gasteiger charge is -2.28. The molecule has 1 amide bonds. The Kier molecular flexibility index (Phi) is 2.11. The van der Waals surface area contributed by atoms with E-state index in [2.05, 4.69) is 0 Å². The van der Waals surface area contributed by atoms with Gasteiger partial charge in [0, 0.05) is 7.11 Å². The van der Waals surface area contributed by atoms with Crippen molar-refractivity contribution in [1.82, 2.24) is 0 Å². The van der Waals surface area contributed by atoms with Gasteiger partial charge in [-0.05, 0) is 12.1 Å². The molecule has 1 unspecified atom stereocenters. The molecule has 14 heavy (non-hydrogen) atoms. The van der Waals surface area contributed by atoms with Gasteiger partial charge < -0.3 is 9.47 Å². The number of nitrogens with zero attached hydrogens (tertiary/aromatic N) is 1. The van der Waals surface area contributed by atoms with E-state index in [1.54, 1.807) is 24.3 Å². The number of anilines is 1. The summed E-state index contributed by atoms with van der Waals surface area (Å²) >= 11 is 0. The largest absolute Gasteiger partial charge is 0.453 e. The van der Waals surface area contributed by atoms with Crippen molar-refractivity contribution < 1.29 is 19.5 Å². The molecule has 1 aromatic carbocycles. The fraction of sp³-hybridized carbons (Fsp3) is 0.222. The van der Waals surface area contributed by atoms with Crippen LogP contribution in [-0.2, 0) is 9.53 Å². The second-order valence-electron chi connectivity index (χ2n) is 2.80. The van der Waals surface area contributed by atoms with E-state index in [1.807, 2.05) is 0 Å². The van der Waals surface area contributed by atoms with E-state index in [9.17, 15) is 10.0 Å². The first kappa shape index (κ1) is 8.98. The number of amides is 1. The molecule has 1 aliphatic heterocycles. The van der Waals surface area contributed by atoms with Gasteiger partial charge in [-0.3, -0.25) is 10.0 Å². The highest BCUT2D eigenvalue weighted by atomic mass is 16.7. The molecule has 0 saturated heterocycles. The van der Waals surface area contributed by atoms with E-state index >= 15 is 0 Å². The molecule has 1 aromatic rings. The number of para-hydroxylation sites is 2. The Balaban J connectivity index is 2.42. The Bertz CT molecular complexity index is 366. The number of hydrogen-bond donors (Lipinski definition) is 1. The van der Waals surface area contributed by atoms with Crippen molar-refractivity contribution in [2.45, 2.75) is 6.29 Å². The van der Waals surface area contributed by atoms with Gasteiger partial charge in [-0.15, -0.1) is 0 Å². The molecule has 2 rings (SSSR count). The highest BCUT2D eigenvalue weighted by Gasteiger charge is 2.33. The number of methoxy groups -OCH3 is 1.